The molecule has 0 radical (unpaired) electrons. The summed E-state index contributed by atoms with van der Waals surface area (Å²) in [5, 5.41) is 18.7. The number of aliphatic hydroxyl groups excluding tert-OH is 1. The van der Waals surface area contributed by atoms with Crippen LogP contribution >= 0.6 is 0 Å². The molecule has 2 atom stereocenters. The minimum absolute atomic E-state index is 0.179. The predicted molar refractivity (Wildman–Crippen MR) is 67.2 cm³/mol. The molecular weight excluding hydrogens is 250 g/mol. The highest BCUT2D eigenvalue weighted by Gasteiger charge is 2.37. The van der Waals surface area contributed by atoms with Crippen molar-refractivity contribution in [1.82, 2.24) is 9.97 Å². The van der Waals surface area contributed by atoms with E-state index in [0.29, 0.717) is 12.5 Å². The van der Waals surface area contributed by atoms with Crippen LogP contribution in [0.1, 0.15) is 19.8 Å². The van der Waals surface area contributed by atoms with E-state index in [2.05, 4.69) is 9.97 Å². The lowest BCUT2D eigenvalue weighted by Gasteiger charge is -2.21. The van der Waals surface area contributed by atoms with Crippen molar-refractivity contribution >= 4 is 11.9 Å². The maximum atomic E-state index is 11.1. The van der Waals surface area contributed by atoms with Crippen molar-refractivity contribution in [2.75, 3.05) is 18.1 Å². The second-order valence-electron chi connectivity index (χ2n) is 4.44. The highest BCUT2D eigenvalue weighted by atomic mass is 16.5. The number of ether oxygens (including phenoxy) is 1. The molecule has 7 heteroatoms. The zero-order valence-corrected chi connectivity index (χ0v) is 10.7. The summed E-state index contributed by atoms with van der Waals surface area (Å²) in [6, 6.07) is 0.831. The normalized spacial score (nSPS) is 22.5. The van der Waals surface area contributed by atoms with E-state index >= 15 is 0 Å². The molecule has 1 aromatic heterocycles. The average Bonchev–Trinajstić information content (AvgIpc) is 2.79. The van der Waals surface area contributed by atoms with Gasteiger partial charge in [-0.25, -0.2) is 9.78 Å². The van der Waals surface area contributed by atoms with E-state index in [4.69, 9.17) is 9.84 Å². The number of carboxylic acid groups (broad SMARTS) is 1. The van der Waals surface area contributed by atoms with E-state index in [-0.39, 0.29) is 18.9 Å². The van der Waals surface area contributed by atoms with E-state index in [1.807, 2.05) is 6.92 Å². The first kappa shape index (κ1) is 13.5. The molecule has 1 aliphatic heterocycles. The van der Waals surface area contributed by atoms with Crippen LogP contribution in [0.2, 0.25) is 0 Å². The van der Waals surface area contributed by atoms with Gasteiger partial charge in [0.15, 0.2) is 0 Å². The van der Waals surface area contributed by atoms with Crippen LogP contribution in [0.15, 0.2) is 12.3 Å². The number of β-amino-alcohol motifs (C(OH)–C–C–N with tert-alkyl or cyclic N) is 1. The summed E-state index contributed by atoms with van der Waals surface area (Å²) in [5.74, 6) is -0.296. The summed E-state index contributed by atoms with van der Waals surface area (Å²) in [4.78, 5) is 20.9. The third kappa shape index (κ3) is 3.11. The van der Waals surface area contributed by atoms with Crippen LogP contribution in [0.3, 0.4) is 0 Å². The SMILES string of the molecule is CCCOc1ccnc(N2CC(O)CC2C(=O)O)n1. The number of hydrogen-bond donors (Lipinski definition) is 2. The molecule has 1 aliphatic rings. The highest BCUT2D eigenvalue weighted by molar-refractivity contribution is 5.78. The Morgan fingerprint density at radius 3 is 3.11 bits per heavy atom. The van der Waals surface area contributed by atoms with Gasteiger partial charge in [-0.3, -0.25) is 0 Å². The zero-order valence-electron chi connectivity index (χ0n) is 10.7. The topological polar surface area (TPSA) is 95.8 Å². The van der Waals surface area contributed by atoms with Crippen molar-refractivity contribution in [1.29, 1.82) is 0 Å². The van der Waals surface area contributed by atoms with Crippen LogP contribution in [0.5, 0.6) is 5.88 Å². The zero-order chi connectivity index (χ0) is 13.8. The second kappa shape index (κ2) is 5.83. The average molecular weight is 267 g/mol. The lowest BCUT2D eigenvalue weighted by atomic mass is 10.2. The number of aromatic nitrogens is 2. The monoisotopic (exact) mass is 267 g/mol. The second-order valence-corrected chi connectivity index (χ2v) is 4.44. The maximum absolute atomic E-state index is 11.1. The number of aliphatic carboxylic acids is 1. The number of hydrogen-bond acceptors (Lipinski definition) is 6. The van der Waals surface area contributed by atoms with Gasteiger partial charge in [0.05, 0.1) is 12.7 Å². The van der Waals surface area contributed by atoms with Crippen molar-refractivity contribution in [3.63, 3.8) is 0 Å². The largest absolute Gasteiger partial charge is 0.480 e. The smallest absolute Gasteiger partial charge is 0.326 e. The number of aliphatic hydroxyl groups is 1. The molecule has 104 valence electrons. The van der Waals surface area contributed by atoms with Crippen LogP contribution in [0, 0.1) is 0 Å². The van der Waals surface area contributed by atoms with E-state index in [0.717, 1.165) is 6.42 Å². The number of nitrogens with zero attached hydrogens (tertiary/aromatic N) is 3. The molecule has 1 aromatic rings. The van der Waals surface area contributed by atoms with Crippen molar-refractivity contribution in [2.45, 2.75) is 31.9 Å². The fourth-order valence-electron chi connectivity index (χ4n) is 2.03. The lowest BCUT2D eigenvalue weighted by Crippen LogP contribution is -2.37. The lowest BCUT2D eigenvalue weighted by molar-refractivity contribution is -0.138. The van der Waals surface area contributed by atoms with E-state index < -0.39 is 18.1 Å². The number of carboxylic acids is 1. The molecule has 2 N–H and O–H groups in total. The molecule has 0 bridgehead atoms. The molecule has 19 heavy (non-hydrogen) atoms. The molecule has 2 rings (SSSR count). The summed E-state index contributed by atoms with van der Waals surface area (Å²) >= 11 is 0. The summed E-state index contributed by atoms with van der Waals surface area (Å²) in [7, 11) is 0. The van der Waals surface area contributed by atoms with Gasteiger partial charge in [-0.1, -0.05) is 6.92 Å². The molecule has 1 saturated heterocycles. The van der Waals surface area contributed by atoms with Gasteiger partial charge in [0.25, 0.3) is 0 Å². The quantitative estimate of drug-likeness (QED) is 0.791. The molecule has 1 fully saturated rings. The Hall–Kier alpha value is -1.89. The Bertz CT molecular complexity index is 454. The van der Waals surface area contributed by atoms with Crippen molar-refractivity contribution in [3.8, 4) is 5.88 Å². The van der Waals surface area contributed by atoms with Crippen molar-refractivity contribution in [2.24, 2.45) is 0 Å². The number of anilines is 1. The van der Waals surface area contributed by atoms with Crippen LogP contribution in [-0.4, -0.2) is 51.4 Å². The van der Waals surface area contributed by atoms with Crippen LogP contribution in [-0.2, 0) is 4.79 Å². The Balaban J connectivity index is 2.18. The van der Waals surface area contributed by atoms with Gasteiger partial charge in [0.1, 0.15) is 6.04 Å². The van der Waals surface area contributed by atoms with E-state index in [9.17, 15) is 9.90 Å². The maximum Gasteiger partial charge on any atom is 0.326 e. The van der Waals surface area contributed by atoms with Gasteiger partial charge in [0, 0.05) is 25.2 Å². The first-order valence-corrected chi connectivity index (χ1v) is 6.25. The van der Waals surface area contributed by atoms with Crippen LogP contribution < -0.4 is 9.64 Å². The summed E-state index contributed by atoms with van der Waals surface area (Å²) in [6.45, 7) is 2.75. The van der Waals surface area contributed by atoms with Crippen molar-refractivity contribution < 1.29 is 19.7 Å². The molecule has 0 amide bonds. The Kier molecular flexibility index (Phi) is 4.16. The molecule has 2 unspecified atom stereocenters. The molecular formula is C12H17N3O4. The molecule has 0 aliphatic carbocycles. The van der Waals surface area contributed by atoms with Crippen molar-refractivity contribution in [3.05, 3.63) is 12.3 Å². The van der Waals surface area contributed by atoms with Gasteiger partial charge in [0.2, 0.25) is 11.8 Å². The third-order valence-corrected chi connectivity index (χ3v) is 2.89. The van der Waals surface area contributed by atoms with Gasteiger partial charge in [-0.2, -0.15) is 4.98 Å². The summed E-state index contributed by atoms with van der Waals surface area (Å²) in [6.07, 6.45) is 1.89. The summed E-state index contributed by atoms with van der Waals surface area (Å²) in [5.41, 5.74) is 0. The highest BCUT2D eigenvalue weighted by Crippen LogP contribution is 2.24. The first-order valence-electron chi connectivity index (χ1n) is 6.25. The van der Waals surface area contributed by atoms with Gasteiger partial charge in [-0.05, 0) is 6.42 Å². The van der Waals surface area contributed by atoms with Gasteiger partial charge in [-0.15, -0.1) is 0 Å². The fourth-order valence-corrected chi connectivity index (χ4v) is 2.03. The van der Waals surface area contributed by atoms with E-state index in [1.165, 1.54) is 11.1 Å². The predicted octanol–water partition coefficient (Wildman–Crippen LogP) is 0.290. The van der Waals surface area contributed by atoms with Gasteiger partial charge < -0.3 is 19.8 Å². The molecule has 0 saturated carbocycles. The molecule has 0 aromatic carbocycles. The third-order valence-electron chi connectivity index (χ3n) is 2.89. The fraction of sp³-hybridized carbons (Fsp3) is 0.583. The van der Waals surface area contributed by atoms with Gasteiger partial charge >= 0.3 is 5.97 Å². The molecule has 2 heterocycles. The Labute approximate surface area is 110 Å². The van der Waals surface area contributed by atoms with Crippen LogP contribution in [0.4, 0.5) is 5.95 Å². The summed E-state index contributed by atoms with van der Waals surface area (Å²) < 4.78 is 5.39. The Morgan fingerprint density at radius 2 is 2.42 bits per heavy atom. The number of rotatable bonds is 5. The Morgan fingerprint density at radius 1 is 1.63 bits per heavy atom. The minimum atomic E-state index is -0.986. The molecule has 0 spiro atoms. The minimum Gasteiger partial charge on any atom is -0.480 e. The first-order chi connectivity index (χ1) is 9.11. The standard InChI is InChI=1S/C12H17N3O4/c1-2-5-19-10-3-4-13-12(14-10)15-7-8(16)6-9(15)11(17)18/h3-4,8-9,16H,2,5-7H2,1H3,(H,17,18). The molecule has 7 nitrogen and oxygen atoms in total. The van der Waals surface area contributed by atoms with E-state index in [1.54, 1.807) is 6.07 Å². The van der Waals surface area contributed by atoms with Crippen LogP contribution in [0.25, 0.3) is 0 Å². The number of carbonyl (C=O) groups is 1.